The first-order valence-corrected chi connectivity index (χ1v) is 9.95. The van der Waals surface area contributed by atoms with Gasteiger partial charge in [0.1, 0.15) is 0 Å². The molecule has 1 nitrogen and oxygen atoms in total. The molecule has 22 heavy (non-hydrogen) atoms. The van der Waals surface area contributed by atoms with Crippen LogP contribution < -0.4 is 0 Å². The van der Waals surface area contributed by atoms with E-state index >= 15 is 0 Å². The van der Waals surface area contributed by atoms with Crippen LogP contribution >= 0.6 is 0 Å². The van der Waals surface area contributed by atoms with Crippen LogP contribution in [0.5, 0.6) is 0 Å². The van der Waals surface area contributed by atoms with E-state index in [0.717, 1.165) is 18.4 Å². The number of hydrogen-bond donors (Lipinski definition) is 0. The van der Waals surface area contributed by atoms with Crippen LogP contribution in [0.4, 0.5) is 0 Å². The molecule has 0 unspecified atom stereocenters. The molecule has 0 heterocycles. The Balaban J connectivity index is 0.00000211. The fraction of sp³-hybridized carbons (Fsp3) is 0.905. The number of nitrogens with zero attached hydrogens (tertiary/aromatic N) is 1. The highest BCUT2D eigenvalue weighted by atomic mass is 15.1. The first-order chi connectivity index (χ1) is 10.6. The van der Waals surface area contributed by atoms with E-state index in [2.05, 4.69) is 45.6 Å². The van der Waals surface area contributed by atoms with E-state index in [9.17, 15) is 0 Å². The summed E-state index contributed by atoms with van der Waals surface area (Å²) in [5, 5.41) is 0. The van der Waals surface area contributed by atoms with E-state index in [4.69, 9.17) is 0 Å². The van der Waals surface area contributed by atoms with Crippen LogP contribution in [0.2, 0.25) is 0 Å². The van der Waals surface area contributed by atoms with Gasteiger partial charge in [-0.25, -0.2) is 0 Å². The average Bonchev–Trinajstić information content (AvgIpc) is 2.55. The second kappa shape index (κ2) is 13.2. The van der Waals surface area contributed by atoms with E-state index in [1.807, 2.05) is 13.8 Å². The molecule has 1 saturated carbocycles. The minimum Gasteiger partial charge on any atom is -0.299 e. The van der Waals surface area contributed by atoms with Gasteiger partial charge in [-0.05, 0) is 50.5 Å². The van der Waals surface area contributed by atoms with E-state index in [1.165, 1.54) is 51.6 Å². The van der Waals surface area contributed by atoms with Gasteiger partial charge in [0.2, 0.25) is 0 Å². The van der Waals surface area contributed by atoms with Gasteiger partial charge in [0, 0.05) is 13.1 Å². The number of rotatable bonds is 8. The van der Waals surface area contributed by atoms with Crippen molar-refractivity contribution in [1.29, 1.82) is 0 Å². The predicted octanol–water partition coefficient (Wildman–Crippen LogP) is 6.54. The van der Waals surface area contributed by atoms with Crippen LogP contribution in [-0.4, -0.2) is 24.5 Å². The van der Waals surface area contributed by atoms with Crippen molar-refractivity contribution in [1.82, 2.24) is 4.90 Å². The average molecular weight is 310 g/mol. The molecule has 0 aromatic heterocycles. The van der Waals surface area contributed by atoms with Crippen LogP contribution in [0, 0.1) is 17.8 Å². The van der Waals surface area contributed by atoms with Gasteiger partial charge in [0.15, 0.2) is 0 Å². The Labute approximate surface area is 141 Å². The molecule has 0 saturated heterocycles. The van der Waals surface area contributed by atoms with Gasteiger partial charge in [-0.1, -0.05) is 72.5 Å². The Morgan fingerprint density at radius 3 is 2.05 bits per heavy atom. The second-order valence-corrected chi connectivity index (χ2v) is 7.16. The van der Waals surface area contributed by atoms with Crippen molar-refractivity contribution in [3.05, 3.63) is 11.6 Å². The third kappa shape index (κ3) is 8.98. The lowest BCUT2D eigenvalue weighted by Gasteiger charge is -2.32. The molecule has 0 N–H and O–H groups in total. The van der Waals surface area contributed by atoms with Gasteiger partial charge >= 0.3 is 0 Å². The highest BCUT2D eigenvalue weighted by Crippen LogP contribution is 2.31. The lowest BCUT2D eigenvalue weighted by molar-refractivity contribution is 0.189. The third-order valence-corrected chi connectivity index (χ3v) is 5.18. The fourth-order valence-corrected chi connectivity index (χ4v) is 3.27. The first-order valence-electron chi connectivity index (χ1n) is 9.95. The first kappa shape index (κ1) is 21.7. The quantitative estimate of drug-likeness (QED) is 0.460. The lowest BCUT2D eigenvalue weighted by Crippen LogP contribution is -2.32. The normalized spacial score (nSPS) is 22.7. The van der Waals surface area contributed by atoms with Crippen LogP contribution in [0.3, 0.4) is 0 Å². The number of allylic oxidation sites excluding steroid dienone is 1. The van der Waals surface area contributed by atoms with Crippen molar-refractivity contribution >= 4 is 0 Å². The molecule has 0 aromatic rings. The highest BCUT2D eigenvalue weighted by Gasteiger charge is 2.21. The standard InChI is InChI=1S/C19H37N.C2H6/c1-6-13-20(14-12-17(5)16(3)4)15-19-10-8-18(7-2)9-11-19;1-2/h12,16,18-19H,6-11,13-15H2,1-5H3;1-2H3/b17-12+;. The van der Waals surface area contributed by atoms with Gasteiger partial charge < -0.3 is 0 Å². The minimum atomic E-state index is 0.693. The van der Waals surface area contributed by atoms with Gasteiger partial charge in [0.25, 0.3) is 0 Å². The topological polar surface area (TPSA) is 3.24 Å². The molecule has 1 rings (SSSR count). The highest BCUT2D eigenvalue weighted by molar-refractivity contribution is 5.02. The Kier molecular flexibility index (Phi) is 13.0. The van der Waals surface area contributed by atoms with Gasteiger partial charge in [-0.15, -0.1) is 0 Å². The zero-order valence-electron chi connectivity index (χ0n) is 16.6. The summed E-state index contributed by atoms with van der Waals surface area (Å²) in [4.78, 5) is 2.68. The molecule has 1 aliphatic rings. The molecule has 0 aliphatic heterocycles. The second-order valence-electron chi connectivity index (χ2n) is 7.16. The maximum atomic E-state index is 2.68. The Bertz CT molecular complexity index is 272. The third-order valence-electron chi connectivity index (χ3n) is 5.18. The monoisotopic (exact) mass is 309 g/mol. The van der Waals surface area contributed by atoms with E-state index in [1.54, 1.807) is 5.57 Å². The zero-order chi connectivity index (χ0) is 17.0. The summed E-state index contributed by atoms with van der Waals surface area (Å²) in [6.45, 7) is 19.3. The smallest absolute Gasteiger partial charge is 0.0165 e. The summed E-state index contributed by atoms with van der Waals surface area (Å²) in [5.74, 6) is 2.67. The predicted molar refractivity (Wildman–Crippen MR) is 102 cm³/mol. The van der Waals surface area contributed by atoms with E-state index in [-0.39, 0.29) is 0 Å². The Morgan fingerprint density at radius 2 is 1.59 bits per heavy atom. The molecule has 0 radical (unpaired) electrons. The molecule has 1 fully saturated rings. The molecule has 0 aromatic carbocycles. The zero-order valence-corrected chi connectivity index (χ0v) is 16.6. The van der Waals surface area contributed by atoms with Gasteiger partial charge in [-0.3, -0.25) is 4.90 Å². The maximum absolute atomic E-state index is 2.68. The maximum Gasteiger partial charge on any atom is 0.0165 e. The van der Waals surface area contributed by atoms with Crippen LogP contribution in [0.25, 0.3) is 0 Å². The van der Waals surface area contributed by atoms with Gasteiger partial charge in [0.05, 0.1) is 0 Å². The molecular formula is C21H43N. The van der Waals surface area contributed by atoms with Crippen LogP contribution in [0.1, 0.15) is 87.0 Å². The molecular weight excluding hydrogens is 266 g/mol. The minimum absolute atomic E-state index is 0.693. The van der Waals surface area contributed by atoms with Crippen molar-refractivity contribution in [3.8, 4) is 0 Å². The van der Waals surface area contributed by atoms with Crippen molar-refractivity contribution in [3.63, 3.8) is 0 Å². The molecule has 0 spiro atoms. The summed E-state index contributed by atoms with van der Waals surface area (Å²) in [6, 6.07) is 0. The molecule has 132 valence electrons. The van der Waals surface area contributed by atoms with Crippen LogP contribution in [0.15, 0.2) is 11.6 Å². The SMILES string of the molecule is CC.CCCN(C/C=C(\C)C(C)C)CC1CCC(CC)CC1. The molecule has 0 amide bonds. The van der Waals surface area contributed by atoms with E-state index < -0.39 is 0 Å². The molecule has 0 bridgehead atoms. The van der Waals surface area contributed by atoms with Crippen molar-refractivity contribution in [2.75, 3.05) is 19.6 Å². The number of hydrogen-bond acceptors (Lipinski definition) is 1. The van der Waals surface area contributed by atoms with Crippen molar-refractivity contribution in [2.24, 2.45) is 17.8 Å². The molecule has 0 atom stereocenters. The van der Waals surface area contributed by atoms with Gasteiger partial charge in [-0.2, -0.15) is 0 Å². The largest absolute Gasteiger partial charge is 0.299 e. The Hall–Kier alpha value is -0.300. The summed E-state index contributed by atoms with van der Waals surface area (Å²) in [7, 11) is 0. The summed E-state index contributed by atoms with van der Waals surface area (Å²) in [5.41, 5.74) is 1.54. The molecule has 1 aliphatic carbocycles. The summed E-state index contributed by atoms with van der Waals surface area (Å²) in [6.07, 6.45) is 11.0. The van der Waals surface area contributed by atoms with Crippen molar-refractivity contribution in [2.45, 2.75) is 87.0 Å². The fourth-order valence-electron chi connectivity index (χ4n) is 3.27. The molecule has 1 heteroatoms. The Morgan fingerprint density at radius 1 is 1.05 bits per heavy atom. The summed E-state index contributed by atoms with van der Waals surface area (Å²) < 4.78 is 0. The lowest BCUT2D eigenvalue weighted by atomic mass is 9.80. The van der Waals surface area contributed by atoms with E-state index in [0.29, 0.717) is 5.92 Å². The summed E-state index contributed by atoms with van der Waals surface area (Å²) >= 11 is 0. The van der Waals surface area contributed by atoms with Crippen LogP contribution in [-0.2, 0) is 0 Å². The van der Waals surface area contributed by atoms with Crippen molar-refractivity contribution < 1.29 is 0 Å².